The first-order valence-electron chi connectivity index (χ1n) is 7.14. The van der Waals surface area contributed by atoms with Crippen LogP contribution in [0.2, 0.25) is 5.02 Å². The van der Waals surface area contributed by atoms with Crippen LogP contribution in [-0.4, -0.2) is 38.4 Å². The Bertz CT molecular complexity index is 593. The Morgan fingerprint density at radius 1 is 1.36 bits per heavy atom. The van der Waals surface area contributed by atoms with Crippen LogP contribution < -0.4 is 5.32 Å². The van der Waals surface area contributed by atoms with Crippen molar-refractivity contribution in [3.8, 4) is 0 Å². The average Bonchev–Trinajstić information content (AvgIpc) is 2.45. The SMILES string of the molecule is CCCN(C1CCNCC1)S(=O)(=O)c1ccc(F)cc1Cl.Cl. The number of nitrogens with one attached hydrogen (secondary N) is 1. The maximum absolute atomic E-state index is 13.1. The predicted molar refractivity (Wildman–Crippen MR) is 88.7 cm³/mol. The highest BCUT2D eigenvalue weighted by Gasteiger charge is 2.33. The molecule has 4 nitrogen and oxygen atoms in total. The van der Waals surface area contributed by atoms with Crippen molar-refractivity contribution < 1.29 is 12.8 Å². The third kappa shape index (κ3) is 4.32. The van der Waals surface area contributed by atoms with E-state index in [0.717, 1.165) is 44.5 Å². The molecule has 1 aliphatic rings. The van der Waals surface area contributed by atoms with Crippen LogP contribution in [0.1, 0.15) is 26.2 Å². The highest BCUT2D eigenvalue weighted by molar-refractivity contribution is 7.89. The lowest BCUT2D eigenvalue weighted by Gasteiger charge is -2.33. The molecule has 0 radical (unpaired) electrons. The van der Waals surface area contributed by atoms with E-state index in [4.69, 9.17) is 11.6 Å². The summed E-state index contributed by atoms with van der Waals surface area (Å²) in [6.07, 6.45) is 2.28. The van der Waals surface area contributed by atoms with Crippen molar-refractivity contribution in [2.24, 2.45) is 0 Å². The first-order chi connectivity index (χ1) is 9.96. The van der Waals surface area contributed by atoms with E-state index < -0.39 is 15.8 Å². The smallest absolute Gasteiger partial charge is 0.244 e. The lowest BCUT2D eigenvalue weighted by atomic mass is 10.1. The molecule has 22 heavy (non-hydrogen) atoms. The van der Waals surface area contributed by atoms with Crippen LogP contribution in [0.4, 0.5) is 4.39 Å². The second-order valence-electron chi connectivity index (χ2n) is 5.17. The highest BCUT2D eigenvalue weighted by atomic mass is 35.5. The molecule has 0 spiro atoms. The number of halogens is 3. The second-order valence-corrected chi connectivity index (χ2v) is 7.44. The van der Waals surface area contributed by atoms with Gasteiger partial charge in [-0.1, -0.05) is 18.5 Å². The van der Waals surface area contributed by atoms with Gasteiger partial charge in [-0.2, -0.15) is 4.31 Å². The van der Waals surface area contributed by atoms with Gasteiger partial charge in [-0.25, -0.2) is 12.8 Å². The van der Waals surface area contributed by atoms with Crippen molar-refractivity contribution in [2.45, 2.75) is 37.1 Å². The molecule has 0 atom stereocenters. The van der Waals surface area contributed by atoms with Crippen molar-refractivity contribution in [3.63, 3.8) is 0 Å². The van der Waals surface area contributed by atoms with Crippen molar-refractivity contribution >= 4 is 34.0 Å². The molecule has 1 aliphatic heterocycles. The number of hydrogen-bond donors (Lipinski definition) is 1. The Morgan fingerprint density at radius 2 is 2.00 bits per heavy atom. The fourth-order valence-corrected chi connectivity index (χ4v) is 4.91. The van der Waals surface area contributed by atoms with Crippen LogP contribution in [0.3, 0.4) is 0 Å². The lowest BCUT2D eigenvalue weighted by Crippen LogP contribution is -2.46. The van der Waals surface area contributed by atoms with Crippen LogP contribution in [0.5, 0.6) is 0 Å². The molecule has 126 valence electrons. The van der Waals surface area contributed by atoms with E-state index in [1.165, 1.54) is 10.4 Å². The minimum atomic E-state index is -3.70. The summed E-state index contributed by atoms with van der Waals surface area (Å²) in [5.41, 5.74) is 0. The number of piperidine rings is 1. The van der Waals surface area contributed by atoms with Gasteiger partial charge in [-0.15, -0.1) is 12.4 Å². The third-order valence-corrected chi connectivity index (χ3v) is 6.08. The first-order valence-corrected chi connectivity index (χ1v) is 8.96. The molecule has 0 unspecified atom stereocenters. The zero-order valence-electron chi connectivity index (χ0n) is 12.4. The Kier molecular flexibility index (Phi) is 7.55. The lowest BCUT2D eigenvalue weighted by molar-refractivity contribution is 0.262. The van der Waals surface area contributed by atoms with Gasteiger partial charge >= 0.3 is 0 Å². The maximum atomic E-state index is 13.1. The van der Waals surface area contributed by atoms with Crippen LogP contribution in [0, 0.1) is 5.82 Å². The summed E-state index contributed by atoms with van der Waals surface area (Å²) in [6, 6.07) is 3.39. The van der Waals surface area contributed by atoms with Gasteiger partial charge in [0.25, 0.3) is 0 Å². The molecular formula is C14H21Cl2FN2O2S. The molecule has 0 bridgehead atoms. The normalized spacial score (nSPS) is 16.5. The zero-order valence-corrected chi connectivity index (χ0v) is 14.8. The highest BCUT2D eigenvalue weighted by Crippen LogP contribution is 2.28. The quantitative estimate of drug-likeness (QED) is 0.866. The Morgan fingerprint density at radius 3 is 2.55 bits per heavy atom. The molecule has 1 fully saturated rings. The Balaban J connectivity index is 0.00000242. The summed E-state index contributed by atoms with van der Waals surface area (Å²) < 4.78 is 40.4. The fraction of sp³-hybridized carbons (Fsp3) is 0.571. The molecule has 1 saturated heterocycles. The second kappa shape index (κ2) is 8.45. The first kappa shape index (κ1) is 19.6. The maximum Gasteiger partial charge on any atom is 0.244 e. The van der Waals surface area contributed by atoms with Crippen molar-refractivity contribution in [1.82, 2.24) is 9.62 Å². The third-order valence-electron chi connectivity index (χ3n) is 3.64. The summed E-state index contributed by atoms with van der Waals surface area (Å²) in [6.45, 7) is 3.99. The molecule has 0 aromatic heterocycles. The van der Waals surface area contributed by atoms with Crippen molar-refractivity contribution in [1.29, 1.82) is 0 Å². The molecular weight excluding hydrogens is 350 g/mol. The van der Waals surface area contributed by atoms with E-state index in [1.54, 1.807) is 0 Å². The number of hydrogen-bond acceptors (Lipinski definition) is 3. The standard InChI is InChI=1S/C14H20ClFN2O2S.ClH/c1-2-9-18(12-5-7-17-8-6-12)21(19,20)14-4-3-11(16)10-13(14)15;/h3-4,10,12,17H,2,5-9H2,1H3;1H. The van der Waals surface area contributed by atoms with Crippen LogP contribution in [0.15, 0.2) is 23.1 Å². The van der Waals surface area contributed by atoms with Gasteiger partial charge in [0.1, 0.15) is 10.7 Å². The molecule has 1 aromatic carbocycles. The summed E-state index contributed by atoms with van der Waals surface area (Å²) in [5.74, 6) is -0.539. The predicted octanol–water partition coefficient (Wildman–Crippen LogP) is 3.05. The van der Waals surface area contributed by atoms with E-state index >= 15 is 0 Å². The minimum Gasteiger partial charge on any atom is -0.317 e. The van der Waals surface area contributed by atoms with E-state index in [-0.39, 0.29) is 28.4 Å². The van der Waals surface area contributed by atoms with Gasteiger partial charge in [-0.05, 0) is 50.6 Å². The van der Waals surface area contributed by atoms with E-state index in [2.05, 4.69) is 5.32 Å². The van der Waals surface area contributed by atoms with Gasteiger partial charge in [0, 0.05) is 12.6 Å². The van der Waals surface area contributed by atoms with Gasteiger partial charge < -0.3 is 5.32 Å². The van der Waals surface area contributed by atoms with E-state index in [1.807, 2.05) is 6.92 Å². The number of nitrogens with zero attached hydrogens (tertiary/aromatic N) is 1. The molecule has 0 saturated carbocycles. The number of rotatable bonds is 5. The minimum absolute atomic E-state index is 0. The summed E-state index contributed by atoms with van der Waals surface area (Å²) in [5, 5.41) is 3.16. The van der Waals surface area contributed by atoms with Crippen molar-refractivity contribution in [2.75, 3.05) is 19.6 Å². The van der Waals surface area contributed by atoms with Crippen LogP contribution in [-0.2, 0) is 10.0 Å². The molecule has 8 heteroatoms. The largest absolute Gasteiger partial charge is 0.317 e. The Hall–Kier alpha value is -0.400. The summed E-state index contributed by atoms with van der Waals surface area (Å²) in [4.78, 5) is -0.0162. The number of benzene rings is 1. The molecule has 0 amide bonds. The van der Waals surface area contributed by atoms with Gasteiger partial charge in [0.05, 0.1) is 5.02 Å². The zero-order chi connectivity index (χ0) is 15.5. The molecule has 0 aliphatic carbocycles. The van der Waals surface area contributed by atoms with Gasteiger partial charge in [0.15, 0.2) is 0 Å². The van der Waals surface area contributed by atoms with E-state index in [0.29, 0.717) is 6.54 Å². The molecule has 1 heterocycles. The monoisotopic (exact) mass is 370 g/mol. The van der Waals surface area contributed by atoms with Crippen molar-refractivity contribution in [3.05, 3.63) is 29.0 Å². The molecule has 2 rings (SSSR count). The van der Waals surface area contributed by atoms with Crippen LogP contribution in [0.25, 0.3) is 0 Å². The van der Waals surface area contributed by atoms with Gasteiger partial charge in [0.2, 0.25) is 10.0 Å². The summed E-state index contributed by atoms with van der Waals surface area (Å²) >= 11 is 5.94. The van der Waals surface area contributed by atoms with Gasteiger partial charge in [-0.3, -0.25) is 0 Å². The molecule has 1 N–H and O–H groups in total. The summed E-state index contributed by atoms with van der Waals surface area (Å²) in [7, 11) is -3.70. The number of sulfonamides is 1. The Labute approximate surface area is 142 Å². The average molecular weight is 371 g/mol. The topological polar surface area (TPSA) is 49.4 Å². The van der Waals surface area contributed by atoms with E-state index in [9.17, 15) is 12.8 Å². The van der Waals surface area contributed by atoms with Crippen LogP contribution >= 0.6 is 24.0 Å². The molecule has 1 aromatic rings. The fourth-order valence-electron chi connectivity index (χ4n) is 2.62.